The summed E-state index contributed by atoms with van der Waals surface area (Å²) in [6.07, 6.45) is 0. The maximum absolute atomic E-state index is 11.5. The number of methoxy groups -OCH3 is 1. The summed E-state index contributed by atoms with van der Waals surface area (Å²) in [5.74, 6) is -0.247. The maximum Gasteiger partial charge on any atom is 0.244 e. The summed E-state index contributed by atoms with van der Waals surface area (Å²) in [4.78, 5) is 15.7. The molecule has 3 N–H and O–H groups in total. The second kappa shape index (κ2) is 5.20. The van der Waals surface area contributed by atoms with Gasteiger partial charge in [0.2, 0.25) is 5.91 Å². The largest absolute Gasteiger partial charge is 0.383 e. The van der Waals surface area contributed by atoms with Gasteiger partial charge in [-0.1, -0.05) is 0 Å². The monoisotopic (exact) mass is 229 g/mol. The van der Waals surface area contributed by atoms with Crippen LogP contribution in [0.5, 0.6) is 0 Å². The molecule has 1 aromatic rings. The highest BCUT2D eigenvalue weighted by Crippen LogP contribution is 2.22. The van der Waals surface area contributed by atoms with Gasteiger partial charge in [0.25, 0.3) is 0 Å². The fourth-order valence-corrected chi connectivity index (χ4v) is 1.93. The van der Waals surface area contributed by atoms with Crippen LogP contribution in [0.2, 0.25) is 0 Å². The predicted molar refractivity (Wildman–Crippen MR) is 60.1 cm³/mol. The Balaban J connectivity index is 2.62. The highest BCUT2D eigenvalue weighted by molar-refractivity contribution is 7.16. The minimum absolute atomic E-state index is 0.211. The van der Waals surface area contributed by atoms with Crippen molar-refractivity contribution in [2.24, 2.45) is 5.73 Å². The van der Waals surface area contributed by atoms with Gasteiger partial charge in [-0.2, -0.15) is 0 Å². The number of hydrogen-bond donors (Lipinski definition) is 2. The van der Waals surface area contributed by atoms with E-state index in [9.17, 15) is 4.79 Å². The lowest BCUT2D eigenvalue weighted by atomic mass is 10.3. The highest BCUT2D eigenvalue weighted by atomic mass is 32.1. The van der Waals surface area contributed by atoms with Crippen LogP contribution in [0.3, 0.4) is 0 Å². The van der Waals surface area contributed by atoms with Gasteiger partial charge in [0.1, 0.15) is 11.0 Å². The van der Waals surface area contributed by atoms with Crippen LogP contribution >= 0.6 is 11.3 Å². The Morgan fingerprint density at radius 2 is 2.33 bits per heavy atom. The third-order valence-electron chi connectivity index (χ3n) is 1.82. The number of aromatic nitrogens is 1. The number of hydrogen-bond acceptors (Lipinski definition) is 5. The van der Waals surface area contributed by atoms with E-state index in [-0.39, 0.29) is 12.5 Å². The van der Waals surface area contributed by atoms with Crippen LogP contribution in [0.4, 0.5) is 5.00 Å². The molecule has 1 amide bonds. The molecule has 0 aliphatic carbocycles. The van der Waals surface area contributed by atoms with Gasteiger partial charge in [-0.05, 0) is 13.8 Å². The second-order valence-electron chi connectivity index (χ2n) is 3.20. The SMILES string of the molecule is COCC(N)C(=O)Nc1sc(C)nc1C. The molecular formula is C9H15N3O2S. The average molecular weight is 229 g/mol. The van der Waals surface area contributed by atoms with E-state index in [0.717, 1.165) is 15.7 Å². The molecule has 0 aliphatic heterocycles. The fraction of sp³-hybridized carbons (Fsp3) is 0.556. The molecule has 1 aromatic heterocycles. The van der Waals surface area contributed by atoms with E-state index in [4.69, 9.17) is 10.5 Å². The van der Waals surface area contributed by atoms with Gasteiger partial charge in [0, 0.05) is 7.11 Å². The van der Waals surface area contributed by atoms with Gasteiger partial charge in [-0.15, -0.1) is 11.3 Å². The van der Waals surface area contributed by atoms with Crippen molar-refractivity contribution in [2.75, 3.05) is 19.0 Å². The van der Waals surface area contributed by atoms with Crippen molar-refractivity contribution >= 4 is 22.2 Å². The summed E-state index contributed by atoms with van der Waals surface area (Å²) in [5.41, 5.74) is 6.39. The molecule has 0 spiro atoms. The second-order valence-corrected chi connectivity index (χ2v) is 4.40. The van der Waals surface area contributed by atoms with Gasteiger partial charge in [0.05, 0.1) is 17.3 Å². The lowest BCUT2D eigenvalue weighted by molar-refractivity contribution is -0.118. The van der Waals surface area contributed by atoms with Crippen LogP contribution in [-0.2, 0) is 9.53 Å². The van der Waals surface area contributed by atoms with Crippen LogP contribution in [0.25, 0.3) is 0 Å². The van der Waals surface area contributed by atoms with Crippen molar-refractivity contribution in [3.8, 4) is 0 Å². The first-order valence-corrected chi connectivity index (χ1v) is 5.35. The predicted octanol–water partition coefficient (Wildman–Crippen LogP) is 0.672. The van der Waals surface area contributed by atoms with Gasteiger partial charge in [-0.25, -0.2) is 4.98 Å². The zero-order valence-corrected chi connectivity index (χ0v) is 9.85. The van der Waals surface area contributed by atoms with E-state index in [1.54, 1.807) is 0 Å². The normalized spacial score (nSPS) is 12.5. The smallest absolute Gasteiger partial charge is 0.244 e. The third-order valence-corrected chi connectivity index (χ3v) is 2.81. The summed E-state index contributed by atoms with van der Waals surface area (Å²) in [6.45, 7) is 3.95. The van der Waals surface area contributed by atoms with Crippen molar-refractivity contribution in [3.63, 3.8) is 0 Å². The Morgan fingerprint density at radius 3 is 2.80 bits per heavy atom. The fourth-order valence-electron chi connectivity index (χ4n) is 1.11. The number of nitrogens with zero attached hydrogens (tertiary/aromatic N) is 1. The van der Waals surface area contributed by atoms with E-state index >= 15 is 0 Å². The van der Waals surface area contributed by atoms with Crippen molar-refractivity contribution in [3.05, 3.63) is 10.7 Å². The molecule has 1 atom stereocenters. The van der Waals surface area contributed by atoms with Crippen molar-refractivity contribution in [1.29, 1.82) is 0 Å². The number of thiazole rings is 1. The molecule has 1 unspecified atom stereocenters. The molecule has 5 nitrogen and oxygen atoms in total. The first-order chi connectivity index (χ1) is 7.04. The number of anilines is 1. The Labute approximate surface area is 92.6 Å². The van der Waals surface area contributed by atoms with Crippen LogP contribution in [0, 0.1) is 13.8 Å². The quantitative estimate of drug-likeness (QED) is 0.795. The molecule has 0 bridgehead atoms. The van der Waals surface area contributed by atoms with E-state index in [0.29, 0.717) is 0 Å². The lowest BCUT2D eigenvalue weighted by Crippen LogP contribution is -2.39. The molecule has 0 radical (unpaired) electrons. The molecule has 0 saturated heterocycles. The van der Waals surface area contributed by atoms with E-state index < -0.39 is 6.04 Å². The van der Waals surface area contributed by atoms with Crippen LogP contribution in [-0.4, -0.2) is 30.6 Å². The van der Waals surface area contributed by atoms with Crippen LogP contribution in [0.1, 0.15) is 10.7 Å². The van der Waals surface area contributed by atoms with Crippen molar-refractivity contribution in [1.82, 2.24) is 4.98 Å². The topological polar surface area (TPSA) is 77.2 Å². The minimum Gasteiger partial charge on any atom is -0.383 e. The first-order valence-electron chi connectivity index (χ1n) is 4.54. The number of aryl methyl sites for hydroxylation is 2. The van der Waals surface area contributed by atoms with Crippen LogP contribution in [0.15, 0.2) is 0 Å². The molecule has 0 aromatic carbocycles. The zero-order chi connectivity index (χ0) is 11.4. The Kier molecular flexibility index (Phi) is 4.19. The lowest BCUT2D eigenvalue weighted by Gasteiger charge is -2.09. The summed E-state index contributed by atoms with van der Waals surface area (Å²) < 4.78 is 4.80. The number of amides is 1. The molecule has 0 saturated carbocycles. The summed E-state index contributed by atoms with van der Waals surface area (Å²) in [6, 6.07) is -0.642. The van der Waals surface area contributed by atoms with E-state index in [1.807, 2.05) is 13.8 Å². The molecule has 0 aliphatic rings. The Morgan fingerprint density at radius 1 is 1.67 bits per heavy atom. The molecule has 1 heterocycles. The first kappa shape index (κ1) is 12.1. The van der Waals surface area contributed by atoms with E-state index in [1.165, 1.54) is 18.4 Å². The average Bonchev–Trinajstić information content (AvgIpc) is 2.45. The maximum atomic E-state index is 11.5. The number of ether oxygens (including phenoxy) is 1. The number of carbonyl (C=O) groups is 1. The van der Waals surface area contributed by atoms with Gasteiger partial charge >= 0.3 is 0 Å². The molecule has 0 fully saturated rings. The van der Waals surface area contributed by atoms with Gasteiger partial charge in [0.15, 0.2) is 0 Å². The molecule has 6 heteroatoms. The minimum atomic E-state index is -0.642. The molecule has 15 heavy (non-hydrogen) atoms. The van der Waals surface area contributed by atoms with Gasteiger partial charge in [-0.3, -0.25) is 4.79 Å². The summed E-state index contributed by atoms with van der Waals surface area (Å²) in [7, 11) is 1.51. The molecule has 1 rings (SSSR count). The number of carbonyl (C=O) groups excluding carboxylic acids is 1. The molecule has 84 valence electrons. The third kappa shape index (κ3) is 3.26. The number of nitrogens with two attached hydrogens (primary N) is 1. The van der Waals surface area contributed by atoms with E-state index in [2.05, 4.69) is 10.3 Å². The Bertz CT molecular complexity index is 351. The van der Waals surface area contributed by atoms with Crippen molar-refractivity contribution in [2.45, 2.75) is 19.9 Å². The van der Waals surface area contributed by atoms with Gasteiger partial charge < -0.3 is 15.8 Å². The summed E-state index contributed by atoms with van der Waals surface area (Å²) >= 11 is 1.44. The molecular weight excluding hydrogens is 214 g/mol. The standard InChI is InChI=1S/C9H15N3O2S/c1-5-9(15-6(2)11-5)12-8(13)7(10)4-14-3/h7H,4,10H2,1-3H3,(H,12,13). The zero-order valence-electron chi connectivity index (χ0n) is 9.03. The van der Waals surface area contributed by atoms with Crippen LogP contribution < -0.4 is 11.1 Å². The summed E-state index contributed by atoms with van der Waals surface area (Å²) in [5, 5.41) is 4.40. The number of rotatable bonds is 4. The number of nitrogens with one attached hydrogen (secondary N) is 1. The Hall–Kier alpha value is -0.980. The van der Waals surface area contributed by atoms with Crippen molar-refractivity contribution < 1.29 is 9.53 Å². The highest BCUT2D eigenvalue weighted by Gasteiger charge is 2.15.